The minimum absolute atomic E-state index is 0. The van der Waals surface area contributed by atoms with E-state index in [0.29, 0.717) is 19.1 Å². The summed E-state index contributed by atoms with van der Waals surface area (Å²) in [6, 6.07) is 47.0. The van der Waals surface area contributed by atoms with Crippen LogP contribution >= 0.6 is 24.8 Å². The third-order valence-electron chi connectivity index (χ3n) is 14.1. The van der Waals surface area contributed by atoms with E-state index in [0.717, 1.165) is 12.8 Å². The third-order valence-corrected chi connectivity index (χ3v) is 31.4. The molecule has 0 amide bonds. The van der Waals surface area contributed by atoms with Crippen LogP contribution in [0.3, 0.4) is 0 Å². The summed E-state index contributed by atoms with van der Waals surface area (Å²) in [4.78, 5) is 0. The average molecular weight is 927 g/mol. The van der Waals surface area contributed by atoms with Gasteiger partial charge >= 0.3 is 355 Å². The Bertz CT molecular complexity index is 2480. The van der Waals surface area contributed by atoms with E-state index in [1.807, 2.05) is 0 Å². The van der Waals surface area contributed by atoms with Crippen LogP contribution in [0.15, 0.2) is 132 Å². The first-order valence-corrected chi connectivity index (χ1v) is 35.5. The minimum atomic E-state index is -4.21. The average Bonchev–Trinajstić information content (AvgIpc) is 3.84. The van der Waals surface area contributed by atoms with E-state index in [9.17, 15) is 0 Å². The van der Waals surface area contributed by atoms with Crippen molar-refractivity contribution in [2.24, 2.45) is 11.8 Å². The van der Waals surface area contributed by atoms with E-state index in [2.05, 4.69) is 205 Å². The van der Waals surface area contributed by atoms with E-state index >= 15 is 0 Å². The van der Waals surface area contributed by atoms with Crippen LogP contribution in [-0.2, 0) is 17.4 Å². The molecule has 2 aliphatic carbocycles. The van der Waals surface area contributed by atoms with Gasteiger partial charge in [0.15, 0.2) is 0 Å². The van der Waals surface area contributed by atoms with Crippen LogP contribution in [0.25, 0.3) is 56.7 Å². The van der Waals surface area contributed by atoms with Crippen molar-refractivity contribution >= 4 is 43.8 Å². The molecule has 4 heteroatoms. The standard InChI is InChI=1S/2C27H27.2CH3.2ClH.H2Si.Zr/c2*1-5-20(4)23-16-26-24(21-10-6-18(2)7-11-21)14-15-25(27(26)17-23)22-12-8-19(3)9-13-22;;;;;;/h2*6-17,20H,5H2,1-4H3;2*1H3;2*1H;1H2;. The summed E-state index contributed by atoms with van der Waals surface area (Å²) in [5.74, 6) is 0.943. The summed E-state index contributed by atoms with van der Waals surface area (Å²) >= 11 is -4.21. The van der Waals surface area contributed by atoms with Gasteiger partial charge in [-0.25, -0.2) is 0 Å². The van der Waals surface area contributed by atoms with Crippen molar-refractivity contribution in [2.45, 2.75) is 84.7 Å². The number of fused-ring (bicyclic) bond motifs is 2. The molecule has 0 saturated heterocycles. The number of aryl methyl sites for hydroxylation is 4. The normalized spacial score (nSPS) is 16.8. The number of hydrogen-bond donors (Lipinski definition) is 0. The molecular formula is C56H64Cl2SiZr. The van der Waals surface area contributed by atoms with Gasteiger partial charge in [-0.05, 0) is 0 Å². The van der Waals surface area contributed by atoms with E-state index in [1.165, 1.54) is 77.9 Å². The first-order chi connectivity index (χ1) is 27.7. The Morgan fingerprint density at radius 2 is 0.683 bits per heavy atom. The van der Waals surface area contributed by atoms with Crippen LogP contribution in [0, 0.1) is 39.5 Å². The van der Waals surface area contributed by atoms with Crippen LogP contribution < -0.4 is 0 Å². The second kappa shape index (κ2) is 17.7. The van der Waals surface area contributed by atoms with Gasteiger partial charge in [0.25, 0.3) is 0 Å². The molecule has 60 heavy (non-hydrogen) atoms. The molecule has 0 bridgehead atoms. The number of allylic oxidation sites excluding steroid dienone is 2. The zero-order valence-corrected chi connectivity index (χ0v) is 43.0. The quantitative estimate of drug-likeness (QED) is 0.120. The zero-order chi connectivity index (χ0) is 41.1. The molecule has 310 valence electrons. The Labute approximate surface area is 376 Å². The van der Waals surface area contributed by atoms with Gasteiger partial charge in [-0.3, -0.25) is 0 Å². The molecule has 4 unspecified atom stereocenters. The smallest absolute Gasteiger partial charge is 0.147 e. The molecular weight excluding hydrogens is 863 g/mol. The molecule has 0 radical (unpaired) electrons. The van der Waals surface area contributed by atoms with Crippen LogP contribution in [0.2, 0.25) is 9.26 Å². The molecule has 2 aliphatic rings. The predicted octanol–water partition coefficient (Wildman–Crippen LogP) is 16.4. The molecule has 8 rings (SSSR count). The second-order valence-electron chi connectivity index (χ2n) is 19.2. The zero-order valence-electron chi connectivity index (χ0n) is 37.4. The maximum atomic E-state index is 2.86. The summed E-state index contributed by atoms with van der Waals surface area (Å²) in [6.07, 6.45) is 7.65. The third kappa shape index (κ3) is 8.13. The summed E-state index contributed by atoms with van der Waals surface area (Å²) in [5.41, 5.74) is 25.5. The number of rotatable bonds is 10. The van der Waals surface area contributed by atoms with Crippen molar-refractivity contribution in [3.05, 3.63) is 177 Å². The van der Waals surface area contributed by atoms with E-state index in [1.54, 1.807) is 22.3 Å². The maximum absolute atomic E-state index is 4.21. The number of halogens is 2. The summed E-state index contributed by atoms with van der Waals surface area (Å²) < 4.78 is 6.48. The molecule has 0 aliphatic heterocycles. The molecule has 0 fully saturated rings. The largest absolute Gasteiger partial charge is 0.147 e. The molecule has 6 aromatic carbocycles. The summed E-state index contributed by atoms with van der Waals surface area (Å²) in [7, 11) is 0. The topological polar surface area (TPSA) is 0 Å². The van der Waals surface area contributed by atoms with Crippen molar-refractivity contribution in [2.75, 3.05) is 0 Å². The van der Waals surface area contributed by atoms with E-state index < -0.39 is 17.4 Å². The molecule has 0 aromatic heterocycles. The summed E-state index contributed by atoms with van der Waals surface area (Å²) in [6.45, 7) is 21.1. The summed E-state index contributed by atoms with van der Waals surface area (Å²) in [5, 5.41) is 0. The maximum Gasteiger partial charge on any atom is -0.147 e. The Morgan fingerprint density at radius 1 is 0.433 bits per heavy atom. The van der Waals surface area contributed by atoms with Gasteiger partial charge in [0.2, 0.25) is 0 Å². The molecule has 0 spiro atoms. The van der Waals surface area contributed by atoms with Crippen LogP contribution in [-0.4, -0.2) is 6.88 Å². The fourth-order valence-electron chi connectivity index (χ4n) is 10.5. The van der Waals surface area contributed by atoms with Gasteiger partial charge in [0.05, 0.1) is 0 Å². The van der Waals surface area contributed by atoms with Crippen LogP contribution in [0.4, 0.5) is 0 Å². The molecule has 4 atom stereocenters. The van der Waals surface area contributed by atoms with Gasteiger partial charge in [-0.15, -0.1) is 24.8 Å². The van der Waals surface area contributed by atoms with E-state index in [-0.39, 0.29) is 24.8 Å². The number of hydrogen-bond acceptors (Lipinski definition) is 0. The Morgan fingerprint density at radius 3 is 0.950 bits per heavy atom. The fraction of sp³-hybridized carbons (Fsp3) is 0.286. The van der Waals surface area contributed by atoms with Gasteiger partial charge in [0, 0.05) is 0 Å². The van der Waals surface area contributed by atoms with Crippen molar-refractivity contribution in [3.8, 4) is 44.5 Å². The van der Waals surface area contributed by atoms with Crippen molar-refractivity contribution in [1.29, 1.82) is 0 Å². The Kier molecular flexibility index (Phi) is 13.6. The minimum Gasteiger partial charge on any atom is -0.147 e. The molecule has 0 nitrogen and oxygen atoms in total. The fourth-order valence-corrected chi connectivity index (χ4v) is 29.9. The van der Waals surface area contributed by atoms with Gasteiger partial charge < -0.3 is 0 Å². The second-order valence-corrected chi connectivity index (χ2v) is 49.6. The van der Waals surface area contributed by atoms with Gasteiger partial charge in [0.1, 0.15) is 0 Å². The molecule has 0 saturated carbocycles. The van der Waals surface area contributed by atoms with Crippen LogP contribution in [0.1, 0.15) is 92.3 Å². The molecule has 6 aromatic rings. The van der Waals surface area contributed by atoms with Crippen LogP contribution in [0.5, 0.6) is 0 Å². The first-order valence-electron chi connectivity index (χ1n) is 21.8. The SMILES string of the molecule is CCC(C)C1=Cc2c(-c3ccc(C)cc3)ccc(-c3ccc(C)cc3)c2[CH]1[Zr]([CH3])([CH3])(=[SiH2])[CH]1C(C(C)CC)=Cc2c(-c3ccc(C)cc3)ccc(-c3ccc(C)cc3)c21.Cl.Cl. The first kappa shape index (κ1) is 46.0. The Hall–Kier alpha value is -3.52. The van der Waals surface area contributed by atoms with Gasteiger partial charge in [-0.1, -0.05) is 0 Å². The predicted molar refractivity (Wildman–Crippen MR) is 269 cm³/mol. The number of benzene rings is 6. The molecule has 0 N–H and O–H groups in total. The van der Waals surface area contributed by atoms with E-state index in [4.69, 9.17) is 0 Å². The van der Waals surface area contributed by atoms with Gasteiger partial charge in [-0.2, -0.15) is 0 Å². The van der Waals surface area contributed by atoms with Crippen molar-refractivity contribution in [3.63, 3.8) is 0 Å². The van der Waals surface area contributed by atoms with Crippen molar-refractivity contribution < 1.29 is 17.4 Å². The monoisotopic (exact) mass is 924 g/mol. The Balaban J connectivity index is 0.00000302. The van der Waals surface area contributed by atoms with Crippen molar-refractivity contribution in [1.82, 2.24) is 0 Å². The molecule has 0 heterocycles.